The Kier molecular flexibility index (Phi) is 7.77. The van der Waals surface area contributed by atoms with Crippen molar-refractivity contribution in [3.05, 3.63) is 11.6 Å². The molecule has 29 heavy (non-hydrogen) atoms. The predicted molar refractivity (Wildman–Crippen MR) is 122 cm³/mol. The number of guanidine groups is 1. The summed E-state index contributed by atoms with van der Waals surface area (Å²) in [5.74, 6) is 3.27. The molecule has 1 aliphatic heterocycles. The van der Waals surface area contributed by atoms with Crippen molar-refractivity contribution in [2.45, 2.75) is 64.6 Å². The first-order valence-electron chi connectivity index (χ1n) is 10.7. The molecular formula is C20H35IN6O2. The molecule has 164 valence electrons. The molecule has 8 nitrogen and oxygen atoms in total. The van der Waals surface area contributed by atoms with Gasteiger partial charge in [0.25, 0.3) is 0 Å². The maximum absolute atomic E-state index is 6.06. The molecule has 1 spiro atoms. The molecule has 0 bridgehead atoms. The Morgan fingerprint density at radius 3 is 2.86 bits per heavy atom. The highest BCUT2D eigenvalue weighted by Gasteiger charge is 2.66. The summed E-state index contributed by atoms with van der Waals surface area (Å²) < 4.78 is 13.5. The number of fused-ring (bicyclic) bond motifs is 2. The van der Waals surface area contributed by atoms with Crippen molar-refractivity contribution in [1.82, 2.24) is 25.4 Å². The van der Waals surface area contributed by atoms with Crippen LogP contribution in [0.25, 0.3) is 0 Å². The van der Waals surface area contributed by atoms with Gasteiger partial charge in [-0.3, -0.25) is 0 Å². The minimum atomic E-state index is 0. The molecule has 0 radical (unpaired) electrons. The third-order valence-electron chi connectivity index (χ3n) is 6.85. The minimum Gasteiger partial charge on any atom is -0.382 e. The van der Waals surface area contributed by atoms with Crippen molar-refractivity contribution < 1.29 is 9.47 Å². The van der Waals surface area contributed by atoms with Crippen LogP contribution >= 0.6 is 24.0 Å². The zero-order valence-corrected chi connectivity index (χ0v) is 20.1. The molecule has 2 saturated carbocycles. The molecule has 2 aliphatic carbocycles. The maximum Gasteiger partial charge on any atom is 0.191 e. The van der Waals surface area contributed by atoms with Gasteiger partial charge in [0.2, 0.25) is 0 Å². The van der Waals surface area contributed by atoms with E-state index in [1.165, 1.54) is 19.3 Å². The van der Waals surface area contributed by atoms with Gasteiger partial charge in [-0.15, -0.1) is 34.2 Å². The molecule has 1 aromatic rings. The lowest BCUT2D eigenvalue weighted by Gasteiger charge is -2.63. The topological polar surface area (TPSA) is 85.6 Å². The lowest BCUT2D eigenvalue weighted by Crippen LogP contribution is -2.72. The van der Waals surface area contributed by atoms with Crippen molar-refractivity contribution in [3.8, 4) is 0 Å². The summed E-state index contributed by atoms with van der Waals surface area (Å²) in [6.07, 6.45) is 6.43. The summed E-state index contributed by atoms with van der Waals surface area (Å²) in [5.41, 5.74) is 0.330. The molecule has 4 rings (SSSR count). The summed E-state index contributed by atoms with van der Waals surface area (Å²) in [6, 6.07) is 0.466. The highest BCUT2D eigenvalue weighted by molar-refractivity contribution is 14.0. The number of halogens is 1. The van der Waals surface area contributed by atoms with Gasteiger partial charge in [-0.1, -0.05) is 6.42 Å². The molecule has 0 amide bonds. The molecular weight excluding hydrogens is 483 g/mol. The molecule has 3 unspecified atom stereocenters. The monoisotopic (exact) mass is 518 g/mol. The van der Waals surface area contributed by atoms with Crippen LogP contribution < -0.4 is 10.6 Å². The Morgan fingerprint density at radius 1 is 1.38 bits per heavy atom. The van der Waals surface area contributed by atoms with E-state index in [0.29, 0.717) is 30.0 Å². The SMILES string of the molecule is CCOCCCNC(=NCc1nnc(C)n1C)NC1C2CCOC2C12CCC2.I. The summed E-state index contributed by atoms with van der Waals surface area (Å²) in [7, 11) is 1.98. The summed E-state index contributed by atoms with van der Waals surface area (Å²) in [6.45, 7) is 7.78. The summed E-state index contributed by atoms with van der Waals surface area (Å²) in [4.78, 5) is 4.84. The number of rotatable bonds is 8. The van der Waals surface area contributed by atoms with E-state index in [1.54, 1.807) is 0 Å². The quantitative estimate of drug-likeness (QED) is 0.238. The van der Waals surface area contributed by atoms with Crippen molar-refractivity contribution in [2.24, 2.45) is 23.4 Å². The number of aliphatic imine (C=N–C) groups is 1. The Morgan fingerprint density at radius 2 is 2.21 bits per heavy atom. The van der Waals surface area contributed by atoms with Crippen molar-refractivity contribution >= 4 is 29.9 Å². The second-order valence-corrected chi connectivity index (χ2v) is 8.32. The van der Waals surface area contributed by atoms with Crippen LogP contribution in [0.3, 0.4) is 0 Å². The fourth-order valence-electron chi connectivity index (χ4n) is 5.02. The van der Waals surface area contributed by atoms with Gasteiger partial charge in [0.05, 0.1) is 6.10 Å². The number of hydrogen-bond donors (Lipinski definition) is 2. The molecule has 2 heterocycles. The molecule has 1 saturated heterocycles. The number of ether oxygens (including phenoxy) is 2. The van der Waals surface area contributed by atoms with E-state index in [-0.39, 0.29) is 24.0 Å². The number of aryl methyl sites for hydroxylation is 1. The van der Waals surface area contributed by atoms with E-state index < -0.39 is 0 Å². The second kappa shape index (κ2) is 9.91. The fourth-order valence-corrected chi connectivity index (χ4v) is 5.02. The van der Waals surface area contributed by atoms with Crippen LogP contribution in [0, 0.1) is 18.3 Å². The van der Waals surface area contributed by atoms with E-state index in [9.17, 15) is 0 Å². The molecule has 2 N–H and O–H groups in total. The third-order valence-corrected chi connectivity index (χ3v) is 6.85. The van der Waals surface area contributed by atoms with Crippen LogP contribution in [0.2, 0.25) is 0 Å². The van der Waals surface area contributed by atoms with E-state index >= 15 is 0 Å². The van der Waals surface area contributed by atoms with Gasteiger partial charge in [-0.2, -0.15) is 0 Å². The molecule has 1 aromatic heterocycles. The Bertz CT molecular complexity index is 705. The molecule has 3 aliphatic rings. The van der Waals surface area contributed by atoms with Gasteiger partial charge in [-0.05, 0) is 39.5 Å². The van der Waals surface area contributed by atoms with Gasteiger partial charge in [0, 0.05) is 50.8 Å². The highest BCUT2D eigenvalue weighted by Crippen LogP contribution is 2.62. The molecule has 9 heteroatoms. The van der Waals surface area contributed by atoms with Crippen LogP contribution in [-0.4, -0.2) is 59.2 Å². The highest BCUT2D eigenvalue weighted by atomic mass is 127. The van der Waals surface area contributed by atoms with Gasteiger partial charge >= 0.3 is 0 Å². The zero-order valence-electron chi connectivity index (χ0n) is 17.8. The first kappa shape index (κ1) is 22.7. The number of hydrogen-bond acceptors (Lipinski definition) is 5. The number of nitrogens with zero attached hydrogens (tertiary/aromatic N) is 4. The average Bonchev–Trinajstić information content (AvgIpc) is 3.21. The second-order valence-electron chi connectivity index (χ2n) is 8.32. The van der Waals surface area contributed by atoms with Crippen molar-refractivity contribution in [1.29, 1.82) is 0 Å². The lowest BCUT2D eigenvalue weighted by atomic mass is 9.46. The number of nitrogens with one attached hydrogen (secondary N) is 2. The van der Waals surface area contributed by atoms with Crippen LogP contribution in [-0.2, 0) is 23.1 Å². The van der Waals surface area contributed by atoms with Crippen molar-refractivity contribution in [3.63, 3.8) is 0 Å². The zero-order chi connectivity index (χ0) is 19.6. The molecule has 3 atom stereocenters. The Hall–Kier alpha value is -0.940. The molecule has 0 aromatic carbocycles. The largest absolute Gasteiger partial charge is 0.382 e. The van der Waals surface area contributed by atoms with E-state index in [2.05, 4.69) is 20.8 Å². The van der Waals surface area contributed by atoms with Crippen molar-refractivity contribution in [2.75, 3.05) is 26.4 Å². The summed E-state index contributed by atoms with van der Waals surface area (Å²) in [5, 5.41) is 15.6. The predicted octanol–water partition coefficient (Wildman–Crippen LogP) is 2.16. The number of aromatic nitrogens is 3. The van der Waals surface area contributed by atoms with Gasteiger partial charge in [-0.25, -0.2) is 4.99 Å². The standard InChI is InChI=1S/C20H34N6O2.HI/c1-4-27-11-6-10-21-19(22-13-16-25-24-14(2)26(16)3)23-17-15-7-12-28-18(15)20(17)8-5-9-20;/h15,17-18H,4-13H2,1-3H3,(H2,21,22,23);1H. The van der Waals surface area contributed by atoms with Gasteiger partial charge in [0.1, 0.15) is 12.4 Å². The van der Waals surface area contributed by atoms with E-state index in [4.69, 9.17) is 14.5 Å². The lowest BCUT2D eigenvalue weighted by molar-refractivity contribution is -0.171. The van der Waals surface area contributed by atoms with Gasteiger partial charge < -0.3 is 24.7 Å². The van der Waals surface area contributed by atoms with Crippen LogP contribution in [0.5, 0.6) is 0 Å². The maximum atomic E-state index is 6.06. The fraction of sp³-hybridized carbons (Fsp3) is 0.850. The van der Waals surface area contributed by atoms with Crippen LogP contribution in [0.1, 0.15) is 50.7 Å². The van der Waals surface area contributed by atoms with Crippen LogP contribution in [0.4, 0.5) is 0 Å². The first-order chi connectivity index (χ1) is 13.7. The Balaban J connectivity index is 0.00000240. The van der Waals surface area contributed by atoms with E-state index in [0.717, 1.165) is 56.8 Å². The smallest absolute Gasteiger partial charge is 0.191 e. The minimum absolute atomic E-state index is 0. The first-order valence-corrected chi connectivity index (χ1v) is 10.7. The summed E-state index contributed by atoms with van der Waals surface area (Å²) >= 11 is 0. The Labute approximate surface area is 190 Å². The van der Waals surface area contributed by atoms with Crippen LogP contribution in [0.15, 0.2) is 4.99 Å². The normalized spacial score (nSPS) is 27.0. The average molecular weight is 518 g/mol. The van der Waals surface area contributed by atoms with Gasteiger partial charge in [0.15, 0.2) is 11.8 Å². The third kappa shape index (κ3) is 4.41. The molecule has 3 fully saturated rings. The van der Waals surface area contributed by atoms with E-state index in [1.807, 2.05) is 25.5 Å².